The fourth-order valence-corrected chi connectivity index (χ4v) is 5.53. The molecule has 1 heterocycles. The van der Waals surface area contributed by atoms with Gasteiger partial charge in [0.15, 0.2) is 0 Å². The molecule has 0 saturated heterocycles. The highest BCUT2D eigenvalue weighted by molar-refractivity contribution is 7.98. The number of methoxy groups -OCH3 is 1. The van der Waals surface area contributed by atoms with Crippen LogP contribution in [0.2, 0.25) is 5.02 Å². The summed E-state index contributed by atoms with van der Waals surface area (Å²) in [5.74, 6) is 1.52. The largest absolute Gasteiger partial charge is 0.383 e. The second-order valence-corrected chi connectivity index (χ2v) is 10.3. The van der Waals surface area contributed by atoms with Crippen LogP contribution in [0.4, 0.5) is 5.69 Å². The van der Waals surface area contributed by atoms with Gasteiger partial charge in [-0.05, 0) is 67.8 Å². The van der Waals surface area contributed by atoms with E-state index in [-0.39, 0.29) is 18.5 Å². The molecule has 1 atom stereocenters. The Morgan fingerprint density at radius 2 is 1.86 bits per heavy atom. The van der Waals surface area contributed by atoms with E-state index in [1.54, 1.807) is 18.9 Å². The van der Waals surface area contributed by atoms with Crippen LogP contribution in [0.3, 0.4) is 0 Å². The van der Waals surface area contributed by atoms with E-state index in [4.69, 9.17) is 21.3 Å². The lowest BCUT2D eigenvalue weighted by molar-refractivity contribution is -0.119. The number of amides is 1. The van der Waals surface area contributed by atoms with Crippen molar-refractivity contribution in [3.05, 3.63) is 88.7 Å². The number of benzene rings is 3. The summed E-state index contributed by atoms with van der Waals surface area (Å²) < 4.78 is 7.52. The molecule has 4 rings (SSSR count). The molecule has 5 nitrogen and oxygen atoms in total. The highest BCUT2D eigenvalue weighted by Crippen LogP contribution is 2.30. The summed E-state index contributed by atoms with van der Waals surface area (Å²) in [6.07, 6.45) is 0.845. The van der Waals surface area contributed by atoms with Crippen LogP contribution in [0.25, 0.3) is 11.0 Å². The molecule has 0 bridgehead atoms. The summed E-state index contributed by atoms with van der Waals surface area (Å²) in [7, 11) is 1.67. The van der Waals surface area contributed by atoms with Crippen LogP contribution >= 0.6 is 23.4 Å². The number of anilines is 1. The lowest BCUT2D eigenvalue weighted by Crippen LogP contribution is -2.44. The number of hydrogen-bond acceptors (Lipinski definition) is 4. The average Bonchev–Trinajstić information content (AvgIpc) is 3.22. The minimum atomic E-state index is -0.115. The van der Waals surface area contributed by atoms with Crippen LogP contribution in [0.1, 0.15) is 30.8 Å². The maximum absolute atomic E-state index is 14.1. The predicted octanol–water partition coefficient (Wildman–Crippen LogP) is 6.92. The number of aryl methyl sites for hydroxylation is 2. The molecule has 0 spiro atoms. The molecular weight excluding hydrogens is 490 g/mol. The van der Waals surface area contributed by atoms with Gasteiger partial charge in [-0.2, -0.15) is 0 Å². The molecule has 7 heteroatoms. The molecule has 188 valence electrons. The van der Waals surface area contributed by atoms with Crippen LogP contribution in [-0.2, 0) is 28.2 Å². The first kappa shape index (κ1) is 26.3. The van der Waals surface area contributed by atoms with Crippen molar-refractivity contribution >= 4 is 46.0 Å². The van der Waals surface area contributed by atoms with Crippen LogP contribution < -0.4 is 4.90 Å². The number of carbonyl (C=O) groups excluding carboxylic acids is 1. The number of para-hydroxylation sites is 3. The SMILES string of the molecule is CCc1cccc(C)c1N(C(=O)Cn1c(CSc2ccc(Cl)cc2)nc2ccccc21)[C@@H](C)COC. The lowest BCUT2D eigenvalue weighted by Gasteiger charge is -2.32. The highest BCUT2D eigenvalue weighted by atomic mass is 35.5. The van der Waals surface area contributed by atoms with Crippen molar-refractivity contribution in [1.82, 2.24) is 9.55 Å². The zero-order valence-electron chi connectivity index (χ0n) is 21.2. The number of nitrogens with zero attached hydrogens (tertiary/aromatic N) is 3. The summed E-state index contributed by atoms with van der Waals surface area (Å²) >= 11 is 7.73. The molecule has 0 radical (unpaired) electrons. The van der Waals surface area contributed by atoms with Crippen LogP contribution in [0.15, 0.2) is 71.6 Å². The Morgan fingerprint density at radius 1 is 1.11 bits per heavy atom. The van der Waals surface area contributed by atoms with Gasteiger partial charge in [-0.3, -0.25) is 4.79 Å². The molecule has 0 N–H and O–H groups in total. The van der Waals surface area contributed by atoms with Crippen molar-refractivity contribution in [2.45, 2.75) is 50.4 Å². The molecule has 3 aromatic carbocycles. The van der Waals surface area contributed by atoms with Crippen LogP contribution in [0.5, 0.6) is 0 Å². The van der Waals surface area contributed by atoms with Crippen molar-refractivity contribution in [3.63, 3.8) is 0 Å². The van der Waals surface area contributed by atoms with E-state index in [1.165, 1.54) is 0 Å². The molecule has 1 amide bonds. The van der Waals surface area contributed by atoms with E-state index in [1.807, 2.05) is 60.4 Å². The molecule has 0 fully saturated rings. The van der Waals surface area contributed by atoms with Gasteiger partial charge in [-0.15, -0.1) is 11.8 Å². The maximum atomic E-state index is 14.1. The molecule has 0 saturated carbocycles. The fourth-order valence-electron chi connectivity index (χ4n) is 4.56. The Labute approximate surface area is 222 Å². The second kappa shape index (κ2) is 12.0. The summed E-state index contributed by atoms with van der Waals surface area (Å²) in [6, 6.07) is 21.9. The van der Waals surface area contributed by atoms with Gasteiger partial charge in [0.1, 0.15) is 12.4 Å². The number of fused-ring (bicyclic) bond motifs is 1. The molecule has 0 aliphatic rings. The van der Waals surface area contributed by atoms with E-state index in [0.717, 1.165) is 45.0 Å². The third kappa shape index (κ3) is 5.77. The monoisotopic (exact) mass is 521 g/mol. The van der Waals surface area contributed by atoms with Gasteiger partial charge in [0.2, 0.25) is 5.91 Å². The Bertz CT molecular complexity index is 1340. The molecule has 36 heavy (non-hydrogen) atoms. The molecule has 4 aromatic rings. The summed E-state index contributed by atoms with van der Waals surface area (Å²) in [5.41, 5.74) is 5.06. The zero-order valence-corrected chi connectivity index (χ0v) is 22.8. The van der Waals surface area contributed by atoms with Crippen molar-refractivity contribution in [2.75, 3.05) is 18.6 Å². The van der Waals surface area contributed by atoms with Crippen LogP contribution in [-0.4, -0.2) is 35.2 Å². The Hall–Kier alpha value is -2.80. The van der Waals surface area contributed by atoms with Gasteiger partial charge in [-0.25, -0.2) is 4.98 Å². The van der Waals surface area contributed by atoms with E-state index < -0.39 is 0 Å². The second-order valence-electron chi connectivity index (χ2n) is 8.85. The topological polar surface area (TPSA) is 47.4 Å². The van der Waals surface area contributed by atoms with Gasteiger partial charge in [-0.1, -0.05) is 48.9 Å². The van der Waals surface area contributed by atoms with E-state index >= 15 is 0 Å². The molecule has 0 aliphatic carbocycles. The van der Waals surface area contributed by atoms with Gasteiger partial charge < -0.3 is 14.2 Å². The molecular formula is C29H32ClN3O2S. The van der Waals surface area contributed by atoms with Gasteiger partial charge in [0.25, 0.3) is 0 Å². The summed E-state index contributed by atoms with van der Waals surface area (Å²) in [5, 5.41) is 0.713. The van der Waals surface area contributed by atoms with Gasteiger partial charge >= 0.3 is 0 Å². The minimum absolute atomic E-state index is 0.0180. The normalized spacial score (nSPS) is 12.1. The summed E-state index contributed by atoms with van der Waals surface area (Å²) in [4.78, 5) is 22.0. The standard InChI is InChI=1S/C29H32ClN3O2S/c1-5-22-10-8-9-20(2)29(22)33(21(3)18-35-4)28(34)17-32-26-12-7-6-11-25(26)31-27(32)19-36-24-15-13-23(30)14-16-24/h6-16,21H,5,17-19H2,1-4H3/t21-/m0/s1. The van der Waals surface area contributed by atoms with Crippen molar-refractivity contribution < 1.29 is 9.53 Å². The van der Waals surface area contributed by atoms with Crippen molar-refractivity contribution in [1.29, 1.82) is 0 Å². The highest BCUT2D eigenvalue weighted by Gasteiger charge is 2.27. The lowest BCUT2D eigenvalue weighted by atomic mass is 10.0. The molecule has 1 aromatic heterocycles. The van der Waals surface area contributed by atoms with Crippen LogP contribution in [0, 0.1) is 6.92 Å². The molecule has 0 aliphatic heterocycles. The predicted molar refractivity (Wildman–Crippen MR) is 150 cm³/mol. The minimum Gasteiger partial charge on any atom is -0.383 e. The number of thioether (sulfide) groups is 1. The van der Waals surface area contributed by atoms with E-state index in [0.29, 0.717) is 17.4 Å². The number of ether oxygens (including phenoxy) is 1. The average molecular weight is 522 g/mol. The number of imidazole rings is 1. The van der Waals surface area contributed by atoms with Gasteiger partial charge in [0, 0.05) is 17.0 Å². The Morgan fingerprint density at radius 3 is 2.58 bits per heavy atom. The molecule has 0 unspecified atom stereocenters. The number of halogens is 1. The first-order valence-corrected chi connectivity index (χ1v) is 13.5. The van der Waals surface area contributed by atoms with Gasteiger partial charge in [0.05, 0.1) is 35.1 Å². The number of aromatic nitrogens is 2. The Kier molecular flexibility index (Phi) is 8.72. The van der Waals surface area contributed by atoms with Crippen molar-refractivity contribution in [2.24, 2.45) is 0 Å². The van der Waals surface area contributed by atoms with Crippen molar-refractivity contribution in [3.8, 4) is 0 Å². The smallest absolute Gasteiger partial charge is 0.247 e. The number of rotatable bonds is 10. The third-order valence-corrected chi connectivity index (χ3v) is 7.53. The number of hydrogen-bond donors (Lipinski definition) is 0. The maximum Gasteiger partial charge on any atom is 0.247 e. The quantitative estimate of drug-likeness (QED) is 0.212. The first-order valence-electron chi connectivity index (χ1n) is 12.1. The van der Waals surface area contributed by atoms with E-state index in [2.05, 4.69) is 36.6 Å². The number of carbonyl (C=O) groups is 1. The Balaban J connectivity index is 1.70. The fraction of sp³-hybridized carbons (Fsp3) is 0.310. The van der Waals surface area contributed by atoms with E-state index in [9.17, 15) is 4.79 Å². The first-order chi connectivity index (χ1) is 17.4. The third-order valence-electron chi connectivity index (χ3n) is 6.27. The zero-order chi connectivity index (χ0) is 25.7. The summed E-state index contributed by atoms with van der Waals surface area (Å²) in [6.45, 7) is 6.87.